The molecular formula is C19H19N5O3S. The number of esters is 1. The normalized spacial score (nSPS) is 26.1. The molecule has 0 saturated carbocycles. The molecule has 8 nitrogen and oxygen atoms in total. The van der Waals surface area contributed by atoms with E-state index in [1.165, 1.54) is 18.4 Å². The molecule has 28 heavy (non-hydrogen) atoms. The number of amides is 1. The zero-order chi connectivity index (χ0) is 19.3. The van der Waals surface area contributed by atoms with Gasteiger partial charge in [0.25, 0.3) is 5.91 Å². The molecule has 0 aromatic carbocycles. The highest BCUT2D eigenvalue weighted by Crippen LogP contribution is 2.52. The molecule has 0 spiro atoms. The van der Waals surface area contributed by atoms with E-state index in [-0.39, 0.29) is 24.0 Å². The molecule has 0 radical (unpaired) electrons. The lowest BCUT2D eigenvalue weighted by molar-refractivity contribution is -0.154. The molecule has 0 aliphatic carbocycles. The van der Waals surface area contributed by atoms with Gasteiger partial charge in [-0.15, -0.1) is 11.3 Å². The van der Waals surface area contributed by atoms with Crippen molar-refractivity contribution >= 4 is 28.9 Å². The molecule has 3 atom stereocenters. The summed E-state index contributed by atoms with van der Waals surface area (Å²) in [4.78, 5) is 36.9. The first-order chi connectivity index (χ1) is 13.6. The third-order valence-electron chi connectivity index (χ3n) is 6.06. The van der Waals surface area contributed by atoms with Gasteiger partial charge in [-0.05, 0) is 25.3 Å². The zero-order valence-electron chi connectivity index (χ0n) is 15.3. The molecule has 2 saturated heterocycles. The molecule has 2 bridgehead atoms. The fourth-order valence-electron chi connectivity index (χ4n) is 4.94. The van der Waals surface area contributed by atoms with Gasteiger partial charge in [0, 0.05) is 36.3 Å². The molecule has 3 aromatic heterocycles. The molecule has 144 valence electrons. The van der Waals surface area contributed by atoms with Gasteiger partial charge < -0.3 is 9.64 Å². The second kappa shape index (κ2) is 6.37. The van der Waals surface area contributed by atoms with E-state index < -0.39 is 5.41 Å². The predicted molar refractivity (Wildman–Crippen MR) is 101 cm³/mol. The summed E-state index contributed by atoms with van der Waals surface area (Å²) in [5.74, 6) is -0.381. The molecule has 2 aliphatic heterocycles. The highest BCUT2D eigenvalue weighted by atomic mass is 32.1. The summed E-state index contributed by atoms with van der Waals surface area (Å²) in [5.41, 5.74) is 2.88. The lowest BCUT2D eigenvalue weighted by Gasteiger charge is -2.34. The van der Waals surface area contributed by atoms with Crippen LogP contribution >= 0.6 is 11.3 Å². The van der Waals surface area contributed by atoms with Gasteiger partial charge in [0.2, 0.25) is 0 Å². The first-order valence-electron chi connectivity index (χ1n) is 9.20. The minimum atomic E-state index is -0.752. The first-order valence-corrected chi connectivity index (χ1v) is 10.1. The van der Waals surface area contributed by atoms with Crippen molar-refractivity contribution in [2.45, 2.75) is 37.8 Å². The summed E-state index contributed by atoms with van der Waals surface area (Å²) in [6.07, 6.45) is 7.72. The summed E-state index contributed by atoms with van der Waals surface area (Å²) >= 11 is 1.50. The van der Waals surface area contributed by atoms with Crippen molar-refractivity contribution in [2.24, 2.45) is 5.41 Å². The maximum Gasteiger partial charge on any atom is 0.314 e. The molecule has 0 unspecified atom stereocenters. The van der Waals surface area contributed by atoms with Crippen molar-refractivity contribution in [3.05, 3.63) is 46.8 Å². The molecular weight excluding hydrogens is 378 g/mol. The zero-order valence-corrected chi connectivity index (χ0v) is 16.1. The van der Waals surface area contributed by atoms with Crippen LogP contribution in [0.4, 0.5) is 0 Å². The Balaban J connectivity index is 1.53. The van der Waals surface area contributed by atoms with Crippen LogP contribution in [0.5, 0.6) is 0 Å². The van der Waals surface area contributed by atoms with Gasteiger partial charge in [-0.3, -0.25) is 9.59 Å². The smallest absolute Gasteiger partial charge is 0.314 e. The third-order valence-corrected chi connectivity index (χ3v) is 6.69. The minimum absolute atomic E-state index is 0.00824. The average molecular weight is 397 g/mol. The SMILES string of the molecule is COC(=O)[C@@]1(Cc2cscn2)C[C@H]2CC[C@@H]1N2C(=O)c1cnn2cccnc12. The second-order valence-corrected chi connectivity index (χ2v) is 8.13. The molecule has 2 fully saturated rings. The Morgan fingerprint density at radius 3 is 3.04 bits per heavy atom. The van der Waals surface area contributed by atoms with Crippen molar-refractivity contribution in [1.29, 1.82) is 0 Å². The lowest BCUT2D eigenvalue weighted by Crippen LogP contribution is -2.47. The summed E-state index contributed by atoms with van der Waals surface area (Å²) in [6.45, 7) is 0. The van der Waals surface area contributed by atoms with Gasteiger partial charge in [-0.25, -0.2) is 14.5 Å². The van der Waals surface area contributed by atoms with E-state index in [9.17, 15) is 9.59 Å². The summed E-state index contributed by atoms with van der Waals surface area (Å²) < 4.78 is 6.79. The highest BCUT2D eigenvalue weighted by Gasteiger charge is 2.62. The second-order valence-electron chi connectivity index (χ2n) is 7.41. The molecule has 3 aromatic rings. The quantitative estimate of drug-likeness (QED) is 0.625. The largest absolute Gasteiger partial charge is 0.469 e. The standard InChI is InChI=1S/C19H19N5O3S/c1-27-18(26)19(7-12-10-28-11-21-12)8-13-3-4-15(19)24(13)17(25)14-9-22-23-6-2-5-20-16(14)23/h2,5-6,9-11,13,15H,3-4,7-8H2,1H3/t13-,15+,19+/m1/s1. The molecule has 9 heteroatoms. The summed E-state index contributed by atoms with van der Waals surface area (Å²) in [6, 6.07) is 1.57. The number of methoxy groups -OCH3 is 1. The van der Waals surface area contributed by atoms with E-state index in [4.69, 9.17) is 4.74 Å². The molecule has 0 N–H and O–H groups in total. The molecule has 5 heterocycles. The van der Waals surface area contributed by atoms with Crippen molar-refractivity contribution in [3.63, 3.8) is 0 Å². The van der Waals surface area contributed by atoms with Crippen molar-refractivity contribution in [3.8, 4) is 0 Å². The van der Waals surface area contributed by atoms with E-state index in [0.29, 0.717) is 24.1 Å². The van der Waals surface area contributed by atoms with Gasteiger partial charge in [-0.1, -0.05) is 0 Å². The van der Waals surface area contributed by atoms with Crippen LogP contribution in [0.3, 0.4) is 0 Å². The summed E-state index contributed by atoms with van der Waals surface area (Å²) in [5, 5.41) is 6.19. The van der Waals surface area contributed by atoms with Crippen LogP contribution in [0, 0.1) is 5.41 Å². The van der Waals surface area contributed by atoms with Crippen LogP contribution in [0.25, 0.3) is 5.65 Å². The number of nitrogens with zero attached hydrogens (tertiary/aromatic N) is 5. The summed E-state index contributed by atoms with van der Waals surface area (Å²) in [7, 11) is 1.42. The molecule has 2 aliphatic rings. The maximum atomic E-state index is 13.5. The van der Waals surface area contributed by atoms with E-state index in [0.717, 1.165) is 18.5 Å². The third kappa shape index (κ3) is 2.39. The van der Waals surface area contributed by atoms with Crippen LogP contribution in [0.1, 0.15) is 35.3 Å². The van der Waals surface area contributed by atoms with Crippen molar-refractivity contribution < 1.29 is 14.3 Å². The Hall–Kier alpha value is -2.81. The van der Waals surface area contributed by atoms with E-state index >= 15 is 0 Å². The van der Waals surface area contributed by atoms with Crippen LogP contribution in [0.15, 0.2) is 35.5 Å². The lowest BCUT2D eigenvalue weighted by atomic mass is 9.71. The first kappa shape index (κ1) is 17.3. The number of carbonyl (C=O) groups is 2. The number of aromatic nitrogens is 4. The number of carbonyl (C=O) groups excluding carboxylic acids is 2. The fraction of sp³-hybridized carbons (Fsp3) is 0.421. The topological polar surface area (TPSA) is 89.7 Å². The highest BCUT2D eigenvalue weighted by molar-refractivity contribution is 7.07. The predicted octanol–water partition coefficient (Wildman–Crippen LogP) is 1.96. The number of ether oxygens (including phenoxy) is 1. The fourth-order valence-corrected chi connectivity index (χ4v) is 5.50. The van der Waals surface area contributed by atoms with Crippen molar-refractivity contribution in [1.82, 2.24) is 24.5 Å². The van der Waals surface area contributed by atoms with Crippen molar-refractivity contribution in [2.75, 3.05) is 7.11 Å². The van der Waals surface area contributed by atoms with Gasteiger partial charge >= 0.3 is 5.97 Å². The van der Waals surface area contributed by atoms with Crippen LogP contribution in [-0.4, -0.2) is 55.6 Å². The van der Waals surface area contributed by atoms with E-state index in [1.54, 1.807) is 34.7 Å². The number of fused-ring (bicyclic) bond motifs is 3. The van der Waals surface area contributed by atoms with Crippen LogP contribution < -0.4 is 0 Å². The number of rotatable bonds is 4. The van der Waals surface area contributed by atoms with E-state index in [2.05, 4.69) is 15.1 Å². The van der Waals surface area contributed by atoms with Crippen LogP contribution in [-0.2, 0) is 16.0 Å². The number of hydrogen-bond donors (Lipinski definition) is 0. The Labute approximate surface area is 165 Å². The Morgan fingerprint density at radius 1 is 1.36 bits per heavy atom. The van der Waals surface area contributed by atoms with E-state index in [1.807, 2.05) is 10.3 Å². The van der Waals surface area contributed by atoms with Gasteiger partial charge in [0.05, 0.1) is 29.9 Å². The number of thiazole rings is 1. The Kier molecular flexibility index (Phi) is 3.94. The van der Waals surface area contributed by atoms with Gasteiger partial charge in [-0.2, -0.15) is 5.10 Å². The molecule has 5 rings (SSSR count). The Morgan fingerprint density at radius 2 is 2.25 bits per heavy atom. The minimum Gasteiger partial charge on any atom is -0.469 e. The number of hydrogen-bond acceptors (Lipinski definition) is 7. The van der Waals surface area contributed by atoms with Gasteiger partial charge in [0.15, 0.2) is 5.65 Å². The van der Waals surface area contributed by atoms with Gasteiger partial charge in [0.1, 0.15) is 5.56 Å². The molecule has 1 amide bonds. The maximum absolute atomic E-state index is 13.5. The monoisotopic (exact) mass is 397 g/mol. The Bertz CT molecular complexity index is 1050. The average Bonchev–Trinajstić information content (AvgIpc) is 3.49. The van der Waals surface area contributed by atoms with Crippen LogP contribution in [0.2, 0.25) is 0 Å².